The average Bonchev–Trinajstić information content (AvgIpc) is 3.39. The summed E-state index contributed by atoms with van der Waals surface area (Å²) in [6.45, 7) is 13.7. The molecule has 6 aromatic carbocycles. The first-order valence-electron chi connectivity index (χ1n) is 16.0. The van der Waals surface area contributed by atoms with Crippen molar-refractivity contribution in [2.75, 3.05) is 4.90 Å². The predicted octanol–water partition coefficient (Wildman–Crippen LogP) is 11.2. The number of fused-ring (bicyclic) bond motifs is 7. The number of carboxylic acids is 1. The van der Waals surface area contributed by atoms with Crippen LogP contribution >= 0.6 is 0 Å². The van der Waals surface area contributed by atoms with E-state index in [0.717, 1.165) is 27.8 Å². The molecule has 0 amide bonds. The molecule has 0 atom stereocenters. The summed E-state index contributed by atoms with van der Waals surface area (Å²) in [5.41, 5.74) is 16.4. The minimum Gasteiger partial charge on any atom is -0.478 e. The van der Waals surface area contributed by atoms with Crippen LogP contribution in [0.1, 0.15) is 71.4 Å². The van der Waals surface area contributed by atoms with Gasteiger partial charge in [0.05, 0.1) is 5.56 Å². The lowest BCUT2D eigenvalue weighted by molar-refractivity contribution is 0.0697. The van der Waals surface area contributed by atoms with Crippen LogP contribution < -0.4 is 4.90 Å². The van der Waals surface area contributed by atoms with Gasteiger partial charge in [-0.3, -0.25) is 0 Å². The summed E-state index contributed by atoms with van der Waals surface area (Å²) in [6, 6.07) is 39.1. The van der Waals surface area contributed by atoms with Crippen LogP contribution in [0, 0.1) is 13.8 Å². The van der Waals surface area contributed by atoms with Crippen molar-refractivity contribution >= 4 is 33.8 Å². The van der Waals surface area contributed by atoms with Crippen molar-refractivity contribution in [1.29, 1.82) is 0 Å². The number of carbonyl (C=O) groups is 1. The van der Waals surface area contributed by atoms with Gasteiger partial charge in [0, 0.05) is 27.9 Å². The Hall–Kier alpha value is -5.15. The van der Waals surface area contributed by atoms with E-state index in [-0.39, 0.29) is 10.8 Å². The van der Waals surface area contributed by atoms with Crippen molar-refractivity contribution in [3.8, 4) is 22.3 Å². The SMILES string of the molecule is Cc1ccc2c(c1)C(C)(C)c1cc(N(c3ccc4c(c3)C(C)(C)c3cc(C)ccc3-4)c3ccc4cc(C(=O)O)ccc4c3)ccc1-2. The Balaban J connectivity index is 1.33. The number of benzene rings is 6. The Labute approximate surface area is 270 Å². The monoisotopic (exact) mass is 599 g/mol. The molecule has 0 bridgehead atoms. The van der Waals surface area contributed by atoms with Crippen molar-refractivity contribution in [3.05, 3.63) is 148 Å². The zero-order valence-corrected chi connectivity index (χ0v) is 27.2. The van der Waals surface area contributed by atoms with Crippen molar-refractivity contribution in [1.82, 2.24) is 0 Å². The number of hydrogen-bond acceptors (Lipinski definition) is 2. The lowest BCUT2D eigenvalue weighted by Gasteiger charge is -2.30. The standard InChI is InChI=1S/C43H37NO2/c1-25-7-15-33-35-17-13-31(23-39(35)42(3,4)37(33)19-25)44(30-12-11-27-21-29(41(45)46)10-9-28(27)22-30)32-14-18-36-34-16-8-26(2)20-38(34)43(5,6)40(36)24-32/h7-24H,1-6H3,(H,45,46). The molecule has 3 nitrogen and oxygen atoms in total. The normalized spacial score (nSPS) is 14.8. The van der Waals surface area contributed by atoms with E-state index in [1.165, 1.54) is 55.6 Å². The third-order valence-electron chi connectivity index (χ3n) is 10.5. The number of aromatic carboxylic acids is 1. The van der Waals surface area contributed by atoms with E-state index in [1.54, 1.807) is 12.1 Å². The van der Waals surface area contributed by atoms with Gasteiger partial charge in [0.15, 0.2) is 0 Å². The molecule has 0 saturated heterocycles. The molecule has 46 heavy (non-hydrogen) atoms. The van der Waals surface area contributed by atoms with Gasteiger partial charge in [-0.2, -0.15) is 0 Å². The summed E-state index contributed by atoms with van der Waals surface area (Å²) in [5.74, 6) is -0.915. The molecular weight excluding hydrogens is 562 g/mol. The highest BCUT2D eigenvalue weighted by Crippen LogP contribution is 2.53. The molecule has 0 aliphatic heterocycles. The molecule has 2 aliphatic carbocycles. The lowest BCUT2D eigenvalue weighted by Crippen LogP contribution is -2.18. The van der Waals surface area contributed by atoms with Crippen LogP contribution in [0.3, 0.4) is 0 Å². The maximum absolute atomic E-state index is 11.7. The van der Waals surface area contributed by atoms with E-state index in [0.29, 0.717) is 5.56 Å². The van der Waals surface area contributed by atoms with Crippen LogP contribution in [0.5, 0.6) is 0 Å². The summed E-state index contributed by atoms with van der Waals surface area (Å²) in [4.78, 5) is 14.0. The minimum absolute atomic E-state index is 0.131. The second kappa shape index (κ2) is 9.67. The molecule has 2 aliphatic rings. The minimum atomic E-state index is -0.915. The van der Waals surface area contributed by atoms with E-state index in [4.69, 9.17) is 0 Å². The number of anilines is 3. The Kier molecular flexibility index (Phi) is 5.96. The molecule has 6 aromatic rings. The van der Waals surface area contributed by atoms with Crippen LogP contribution in [0.2, 0.25) is 0 Å². The molecule has 8 rings (SSSR count). The van der Waals surface area contributed by atoms with Gasteiger partial charge in [-0.1, -0.05) is 99.5 Å². The molecule has 0 spiro atoms. The Morgan fingerprint density at radius 2 is 0.891 bits per heavy atom. The Bertz CT molecular complexity index is 2160. The number of nitrogens with zero attached hydrogens (tertiary/aromatic N) is 1. The zero-order chi connectivity index (χ0) is 32.1. The van der Waals surface area contributed by atoms with Gasteiger partial charge in [-0.25, -0.2) is 4.79 Å². The Morgan fingerprint density at radius 1 is 0.500 bits per heavy atom. The molecular formula is C43H37NO2. The fourth-order valence-corrected chi connectivity index (χ4v) is 7.91. The summed E-state index contributed by atoms with van der Waals surface area (Å²) in [6.07, 6.45) is 0. The fourth-order valence-electron chi connectivity index (χ4n) is 7.91. The van der Waals surface area contributed by atoms with E-state index in [9.17, 15) is 9.90 Å². The van der Waals surface area contributed by atoms with E-state index in [1.807, 2.05) is 12.1 Å². The van der Waals surface area contributed by atoms with Crippen LogP contribution in [0.15, 0.2) is 109 Å². The van der Waals surface area contributed by atoms with Gasteiger partial charge in [0.1, 0.15) is 0 Å². The molecule has 226 valence electrons. The highest BCUT2D eigenvalue weighted by Gasteiger charge is 2.38. The summed E-state index contributed by atoms with van der Waals surface area (Å²) in [5, 5.41) is 11.5. The van der Waals surface area contributed by atoms with Crippen molar-refractivity contribution in [2.24, 2.45) is 0 Å². The van der Waals surface area contributed by atoms with Crippen LogP contribution in [-0.4, -0.2) is 11.1 Å². The fraction of sp³-hybridized carbons (Fsp3) is 0.186. The molecule has 0 saturated carbocycles. The maximum atomic E-state index is 11.7. The van der Waals surface area contributed by atoms with Crippen LogP contribution in [-0.2, 0) is 10.8 Å². The predicted molar refractivity (Wildman–Crippen MR) is 190 cm³/mol. The smallest absolute Gasteiger partial charge is 0.335 e. The summed E-state index contributed by atoms with van der Waals surface area (Å²) in [7, 11) is 0. The van der Waals surface area contributed by atoms with Crippen molar-refractivity contribution in [3.63, 3.8) is 0 Å². The topological polar surface area (TPSA) is 40.5 Å². The molecule has 0 heterocycles. The molecule has 1 N–H and O–H groups in total. The average molecular weight is 600 g/mol. The van der Waals surface area contributed by atoms with Gasteiger partial charge in [0.2, 0.25) is 0 Å². The molecule has 0 radical (unpaired) electrons. The molecule has 0 fully saturated rings. The first kappa shape index (κ1) is 28.3. The molecule has 3 heteroatoms. The van der Waals surface area contributed by atoms with E-state index >= 15 is 0 Å². The Morgan fingerprint density at radius 3 is 1.39 bits per heavy atom. The first-order valence-corrected chi connectivity index (χ1v) is 16.0. The van der Waals surface area contributed by atoms with Gasteiger partial charge in [0.25, 0.3) is 0 Å². The van der Waals surface area contributed by atoms with E-state index in [2.05, 4.69) is 131 Å². The quantitative estimate of drug-likeness (QED) is 0.219. The first-order chi connectivity index (χ1) is 21.9. The number of rotatable bonds is 4. The zero-order valence-electron chi connectivity index (χ0n) is 27.2. The maximum Gasteiger partial charge on any atom is 0.335 e. The third kappa shape index (κ3) is 4.08. The number of hydrogen-bond donors (Lipinski definition) is 1. The second-order valence-electron chi connectivity index (χ2n) is 14.2. The number of carboxylic acid groups (broad SMARTS) is 1. The van der Waals surface area contributed by atoms with Crippen molar-refractivity contribution in [2.45, 2.75) is 52.4 Å². The highest BCUT2D eigenvalue weighted by molar-refractivity contribution is 5.97. The van der Waals surface area contributed by atoms with Crippen molar-refractivity contribution < 1.29 is 9.90 Å². The second-order valence-corrected chi connectivity index (χ2v) is 14.2. The summed E-state index contributed by atoms with van der Waals surface area (Å²) >= 11 is 0. The van der Waals surface area contributed by atoms with Gasteiger partial charge < -0.3 is 10.0 Å². The number of aryl methyl sites for hydroxylation is 2. The summed E-state index contributed by atoms with van der Waals surface area (Å²) < 4.78 is 0. The lowest BCUT2D eigenvalue weighted by atomic mass is 9.81. The molecule has 0 aromatic heterocycles. The molecule has 0 unspecified atom stereocenters. The van der Waals surface area contributed by atoms with Crippen LogP contribution in [0.4, 0.5) is 17.1 Å². The van der Waals surface area contributed by atoms with E-state index < -0.39 is 5.97 Å². The van der Waals surface area contributed by atoms with Crippen LogP contribution in [0.25, 0.3) is 33.0 Å². The van der Waals surface area contributed by atoms with Gasteiger partial charge >= 0.3 is 5.97 Å². The highest BCUT2D eigenvalue weighted by atomic mass is 16.4. The largest absolute Gasteiger partial charge is 0.478 e. The van der Waals surface area contributed by atoms with Gasteiger partial charge in [-0.15, -0.1) is 0 Å². The third-order valence-corrected chi connectivity index (χ3v) is 10.5. The van der Waals surface area contributed by atoms with Gasteiger partial charge in [-0.05, 0) is 118 Å².